The number of benzene rings is 1. The fraction of sp³-hybridized carbons (Fsp3) is 0.524. The standard InChI is InChI=1S/C21H32N4O4/c1-13(22-15(3)26)18(27)24-17(12-16-10-8-7-9-11-16)20(29)23-14(2)19(28)25-21(4,5)6/h7-11,13-14,17H,12H2,1-6H3,(H,22,26)(H,23,29)(H,24,27)(H,25,28). The first kappa shape index (κ1) is 24.1. The Morgan fingerprint density at radius 1 is 0.828 bits per heavy atom. The average Bonchev–Trinajstić information content (AvgIpc) is 2.59. The zero-order valence-electron chi connectivity index (χ0n) is 18.0. The molecule has 160 valence electrons. The summed E-state index contributed by atoms with van der Waals surface area (Å²) in [4.78, 5) is 48.7. The summed E-state index contributed by atoms with van der Waals surface area (Å²) in [5, 5.41) is 10.6. The van der Waals surface area contributed by atoms with Gasteiger partial charge in [0.05, 0.1) is 0 Å². The van der Waals surface area contributed by atoms with Crippen molar-refractivity contribution in [2.24, 2.45) is 0 Å². The van der Waals surface area contributed by atoms with Crippen molar-refractivity contribution in [1.29, 1.82) is 0 Å². The SMILES string of the molecule is CC(=O)NC(C)C(=O)NC(Cc1ccccc1)C(=O)NC(C)C(=O)NC(C)(C)C. The number of hydrogen-bond acceptors (Lipinski definition) is 4. The van der Waals surface area contributed by atoms with Gasteiger partial charge >= 0.3 is 0 Å². The Kier molecular flexibility index (Phi) is 8.82. The highest BCUT2D eigenvalue weighted by atomic mass is 16.2. The number of rotatable bonds is 8. The Bertz CT molecular complexity index is 728. The van der Waals surface area contributed by atoms with E-state index in [1.165, 1.54) is 13.8 Å². The summed E-state index contributed by atoms with van der Waals surface area (Å²) >= 11 is 0. The normalized spacial score (nSPS) is 14.1. The minimum absolute atomic E-state index is 0.249. The quantitative estimate of drug-likeness (QED) is 0.509. The Morgan fingerprint density at radius 2 is 1.38 bits per heavy atom. The maximum Gasteiger partial charge on any atom is 0.243 e. The summed E-state index contributed by atoms with van der Waals surface area (Å²) in [6.07, 6.45) is 0.249. The molecule has 0 aliphatic carbocycles. The van der Waals surface area contributed by atoms with Crippen molar-refractivity contribution < 1.29 is 19.2 Å². The molecular weight excluding hydrogens is 372 g/mol. The molecule has 0 aromatic heterocycles. The Hall–Kier alpha value is -2.90. The fourth-order valence-corrected chi connectivity index (χ4v) is 2.58. The highest BCUT2D eigenvalue weighted by Crippen LogP contribution is 2.05. The van der Waals surface area contributed by atoms with Gasteiger partial charge in [0.25, 0.3) is 0 Å². The molecule has 4 amide bonds. The van der Waals surface area contributed by atoms with Crippen LogP contribution in [0, 0.1) is 0 Å². The lowest BCUT2D eigenvalue weighted by molar-refractivity contribution is -0.133. The van der Waals surface area contributed by atoms with Crippen molar-refractivity contribution in [2.75, 3.05) is 0 Å². The van der Waals surface area contributed by atoms with Crippen LogP contribution in [-0.2, 0) is 25.6 Å². The number of carbonyl (C=O) groups excluding carboxylic acids is 4. The molecule has 4 N–H and O–H groups in total. The van der Waals surface area contributed by atoms with E-state index in [1.54, 1.807) is 6.92 Å². The maximum absolute atomic E-state index is 12.8. The van der Waals surface area contributed by atoms with Gasteiger partial charge in [0, 0.05) is 18.9 Å². The summed E-state index contributed by atoms with van der Waals surface area (Å²) in [5.41, 5.74) is 0.425. The largest absolute Gasteiger partial charge is 0.350 e. The van der Waals surface area contributed by atoms with Gasteiger partial charge in [-0.15, -0.1) is 0 Å². The predicted octanol–water partition coefficient (Wildman–Crippen LogP) is 0.658. The Morgan fingerprint density at radius 3 is 1.90 bits per heavy atom. The minimum Gasteiger partial charge on any atom is -0.350 e. The molecule has 0 fully saturated rings. The first-order chi connectivity index (χ1) is 13.4. The molecule has 1 rings (SSSR count). The number of nitrogens with one attached hydrogen (secondary N) is 4. The topological polar surface area (TPSA) is 116 Å². The summed E-state index contributed by atoms with van der Waals surface area (Å²) in [7, 11) is 0. The van der Waals surface area contributed by atoms with E-state index >= 15 is 0 Å². The van der Waals surface area contributed by atoms with Gasteiger partial charge in [0.15, 0.2) is 0 Å². The lowest BCUT2D eigenvalue weighted by atomic mass is 10.0. The molecule has 0 aliphatic rings. The van der Waals surface area contributed by atoms with Crippen LogP contribution < -0.4 is 21.3 Å². The third-order valence-corrected chi connectivity index (χ3v) is 3.98. The Balaban J connectivity index is 2.89. The lowest BCUT2D eigenvalue weighted by Gasteiger charge is -2.26. The smallest absolute Gasteiger partial charge is 0.243 e. The second kappa shape index (κ2) is 10.6. The zero-order chi connectivity index (χ0) is 22.2. The molecule has 0 aliphatic heterocycles. The summed E-state index contributed by atoms with van der Waals surface area (Å²) in [6.45, 7) is 9.98. The fourth-order valence-electron chi connectivity index (χ4n) is 2.58. The number of hydrogen-bond donors (Lipinski definition) is 4. The van der Waals surface area contributed by atoms with Gasteiger partial charge in [0.2, 0.25) is 23.6 Å². The van der Waals surface area contributed by atoms with Crippen LogP contribution in [0.5, 0.6) is 0 Å². The van der Waals surface area contributed by atoms with Crippen LogP contribution in [0.25, 0.3) is 0 Å². The van der Waals surface area contributed by atoms with E-state index in [-0.39, 0.29) is 18.2 Å². The van der Waals surface area contributed by atoms with Crippen LogP contribution in [0.2, 0.25) is 0 Å². The van der Waals surface area contributed by atoms with E-state index in [9.17, 15) is 19.2 Å². The molecular formula is C21H32N4O4. The molecule has 0 heterocycles. The highest BCUT2D eigenvalue weighted by molar-refractivity contribution is 5.94. The van der Waals surface area contributed by atoms with Gasteiger partial charge in [-0.2, -0.15) is 0 Å². The number of amides is 4. The van der Waals surface area contributed by atoms with Crippen molar-refractivity contribution in [3.63, 3.8) is 0 Å². The molecule has 3 unspecified atom stereocenters. The van der Waals surface area contributed by atoms with Crippen molar-refractivity contribution >= 4 is 23.6 Å². The third-order valence-electron chi connectivity index (χ3n) is 3.98. The monoisotopic (exact) mass is 404 g/mol. The summed E-state index contributed by atoms with van der Waals surface area (Å²) in [5.74, 6) is -1.62. The van der Waals surface area contributed by atoms with Gasteiger partial charge in [-0.1, -0.05) is 30.3 Å². The van der Waals surface area contributed by atoms with Gasteiger partial charge in [-0.05, 0) is 40.2 Å². The molecule has 29 heavy (non-hydrogen) atoms. The lowest BCUT2D eigenvalue weighted by Crippen LogP contribution is -2.57. The molecule has 8 heteroatoms. The highest BCUT2D eigenvalue weighted by Gasteiger charge is 2.27. The van der Waals surface area contributed by atoms with Crippen LogP contribution in [0.3, 0.4) is 0 Å². The van der Waals surface area contributed by atoms with Gasteiger partial charge in [-0.25, -0.2) is 0 Å². The van der Waals surface area contributed by atoms with Crippen LogP contribution in [0.4, 0.5) is 0 Å². The zero-order valence-corrected chi connectivity index (χ0v) is 18.0. The van der Waals surface area contributed by atoms with Crippen molar-refractivity contribution in [1.82, 2.24) is 21.3 Å². The molecule has 0 spiro atoms. The van der Waals surface area contributed by atoms with Crippen LogP contribution >= 0.6 is 0 Å². The van der Waals surface area contributed by atoms with Gasteiger partial charge in [0.1, 0.15) is 18.1 Å². The molecule has 0 bridgehead atoms. The molecule has 0 saturated carbocycles. The molecule has 8 nitrogen and oxygen atoms in total. The van der Waals surface area contributed by atoms with E-state index in [4.69, 9.17) is 0 Å². The van der Waals surface area contributed by atoms with E-state index < -0.39 is 35.5 Å². The molecule has 3 atom stereocenters. The van der Waals surface area contributed by atoms with Crippen LogP contribution in [-0.4, -0.2) is 47.3 Å². The van der Waals surface area contributed by atoms with E-state index in [2.05, 4.69) is 21.3 Å². The molecule has 1 aromatic rings. The first-order valence-electron chi connectivity index (χ1n) is 9.63. The van der Waals surface area contributed by atoms with Crippen molar-refractivity contribution in [3.8, 4) is 0 Å². The second-order valence-corrected chi connectivity index (χ2v) is 8.14. The molecule has 0 radical (unpaired) electrons. The Labute approximate surface area is 172 Å². The van der Waals surface area contributed by atoms with E-state index in [1.807, 2.05) is 51.1 Å². The van der Waals surface area contributed by atoms with Crippen molar-refractivity contribution in [2.45, 2.75) is 71.6 Å². The minimum atomic E-state index is -0.897. The van der Waals surface area contributed by atoms with Crippen molar-refractivity contribution in [3.05, 3.63) is 35.9 Å². The first-order valence-corrected chi connectivity index (χ1v) is 9.63. The molecule has 1 aromatic carbocycles. The van der Waals surface area contributed by atoms with Gasteiger partial charge in [-0.3, -0.25) is 19.2 Å². The van der Waals surface area contributed by atoms with Gasteiger partial charge < -0.3 is 21.3 Å². The maximum atomic E-state index is 12.8. The average molecular weight is 405 g/mol. The van der Waals surface area contributed by atoms with E-state index in [0.29, 0.717) is 0 Å². The number of carbonyl (C=O) groups is 4. The summed E-state index contributed by atoms with van der Waals surface area (Å²) < 4.78 is 0. The molecule has 0 saturated heterocycles. The predicted molar refractivity (Wildman–Crippen MR) is 111 cm³/mol. The second-order valence-electron chi connectivity index (χ2n) is 8.14. The summed E-state index contributed by atoms with van der Waals surface area (Å²) in [6, 6.07) is 6.76. The third kappa shape index (κ3) is 9.23. The van der Waals surface area contributed by atoms with Crippen LogP contribution in [0.15, 0.2) is 30.3 Å². The van der Waals surface area contributed by atoms with Crippen LogP contribution in [0.1, 0.15) is 47.1 Å². The van der Waals surface area contributed by atoms with E-state index in [0.717, 1.165) is 5.56 Å².